The van der Waals surface area contributed by atoms with Gasteiger partial charge in [0.15, 0.2) is 23.9 Å². The van der Waals surface area contributed by atoms with Crippen LogP contribution in [0.1, 0.15) is 22.5 Å². The Morgan fingerprint density at radius 1 is 0.941 bits per heavy atom. The molecule has 34 heavy (non-hydrogen) atoms. The van der Waals surface area contributed by atoms with E-state index in [1.165, 1.54) is 12.3 Å². The molecule has 2 N–H and O–H groups in total. The van der Waals surface area contributed by atoms with Crippen LogP contribution in [-0.2, 0) is 20.7 Å². The van der Waals surface area contributed by atoms with Gasteiger partial charge < -0.3 is 29.3 Å². The van der Waals surface area contributed by atoms with Gasteiger partial charge in [-0.2, -0.15) is 0 Å². The third-order valence-corrected chi connectivity index (χ3v) is 4.99. The Kier molecular flexibility index (Phi) is 7.44. The predicted molar refractivity (Wildman–Crippen MR) is 122 cm³/mol. The molecule has 9 heteroatoms. The fourth-order valence-electron chi connectivity index (χ4n) is 3.36. The minimum absolute atomic E-state index is 0.0676. The lowest BCUT2D eigenvalue weighted by Gasteiger charge is -2.17. The largest absolute Gasteiger partial charge is 0.490 e. The molecule has 1 aliphatic heterocycles. The smallest absolute Gasteiger partial charge is 0.329 e. The number of furan rings is 1. The van der Waals surface area contributed by atoms with E-state index >= 15 is 0 Å². The van der Waals surface area contributed by atoms with Gasteiger partial charge in [0.2, 0.25) is 0 Å². The van der Waals surface area contributed by atoms with E-state index in [9.17, 15) is 14.4 Å². The van der Waals surface area contributed by atoms with Crippen molar-refractivity contribution in [2.75, 3.05) is 25.1 Å². The maximum Gasteiger partial charge on any atom is 0.329 e. The number of carbonyl (C=O) groups is 3. The summed E-state index contributed by atoms with van der Waals surface area (Å²) in [7, 11) is 0. The highest BCUT2D eigenvalue weighted by molar-refractivity contribution is 5.96. The van der Waals surface area contributed by atoms with Gasteiger partial charge in [-0.3, -0.25) is 9.59 Å². The molecule has 0 saturated carbocycles. The van der Waals surface area contributed by atoms with Gasteiger partial charge in [0, 0.05) is 24.6 Å². The summed E-state index contributed by atoms with van der Waals surface area (Å²) in [5.74, 6) is -0.609. The number of fused-ring (bicyclic) bond motifs is 1. The van der Waals surface area contributed by atoms with Gasteiger partial charge in [-0.15, -0.1) is 0 Å². The summed E-state index contributed by atoms with van der Waals surface area (Å²) in [6.07, 6.45) is 2.33. The molecule has 1 aromatic heterocycles. The molecule has 3 aromatic rings. The zero-order chi connectivity index (χ0) is 23.8. The van der Waals surface area contributed by atoms with Crippen LogP contribution in [0.25, 0.3) is 0 Å². The number of rotatable bonds is 8. The highest BCUT2D eigenvalue weighted by Crippen LogP contribution is 2.32. The van der Waals surface area contributed by atoms with Gasteiger partial charge in [-0.05, 0) is 29.8 Å². The molecular weight excluding hydrogens is 440 g/mol. The molecule has 1 atom stereocenters. The molecule has 4 rings (SSSR count). The van der Waals surface area contributed by atoms with E-state index in [0.29, 0.717) is 30.4 Å². The summed E-state index contributed by atoms with van der Waals surface area (Å²) in [6.45, 7) is 0.568. The van der Waals surface area contributed by atoms with Crippen LogP contribution in [0.3, 0.4) is 0 Å². The quantitative estimate of drug-likeness (QED) is 0.493. The molecule has 9 nitrogen and oxygen atoms in total. The molecule has 0 saturated heterocycles. The molecule has 1 aliphatic rings. The van der Waals surface area contributed by atoms with Gasteiger partial charge in [-0.25, -0.2) is 4.79 Å². The van der Waals surface area contributed by atoms with E-state index in [2.05, 4.69) is 10.6 Å². The first-order valence-electron chi connectivity index (χ1n) is 10.8. The van der Waals surface area contributed by atoms with E-state index in [1.807, 2.05) is 30.3 Å². The number of hydrogen-bond donors (Lipinski definition) is 2. The summed E-state index contributed by atoms with van der Waals surface area (Å²) >= 11 is 0. The maximum absolute atomic E-state index is 12.8. The Labute approximate surface area is 196 Å². The van der Waals surface area contributed by atoms with Crippen molar-refractivity contribution in [3.63, 3.8) is 0 Å². The van der Waals surface area contributed by atoms with E-state index < -0.39 is 30.4 Å². The van der Waals surface area contributed by atoms with E-state index in [1.54, 1.807) is 24.3 Å². The van der Waals surface area contributed by atoms with Crippen LogP contribution in [-0.4, -0.2) is 43.6 Å². The van der Waals surface area contributed by atoms with Gasteiger partial charge in [-0.1, -0.05) is 30.3 Å². The topological polar surface area (TPSA) is 116 Å². The van der Waals surface area contributed by atoms with E-state index in [0.717, 1.165) is 12.0 Å². The number of benzene rings is 2. The fourth-order valence-corrected chi connectivity index (χ4v) is 3.36. The van der Waals surface area contributed by atoms with Crippen molar-refractivity contribution in [1.29, 1.82) is 0 Å². The molecule has 0 aliphatic carbocycles. The minimum Gasteiger partial charge on any atom is -0.490 e. The number of anilines is 1. The molecular formula is C25H24N2O7. The Balaban J connectivity index is 1.36. The van der Waals surface area contributed by atoms with Crippen molar-refractivity contribution in [2.24, 2.45) is 0 Å². The van der Waals surface area contributed by atoms with Crippen LogP contribution in [0.5, 0.6) is 11.5 Å². The lowest BCUT2D eigenvalue weighted by molar-refractivity contribution is -0.149. The Morgan fingerprint density at radius 2 is 1.74 bits per heavy atom. The average molecular weight is 464 g/mol. The molecule has 1 unspecified atom stereocenters. The summed E-state index contributed by atoms with van der Waals surface area (Å²) in [5.41, 5.74) is 1.30. The number of hydrogen-bond acceptors (Lipinski definition) is 7. The second-order valence-corrected chi connectivity index (χ2v) is 7.56. The van der Waals surface area contributed by atoms with Gasteiger partial charge in [0.05, 0.1) is 19.5 Å². The average Bonchev–Trinajstić information content (AvgIpc) is 3.29. The van der Waals surface area contributed by atoms with E-state index in [-0.39, 0.29) is 12.2 Å². The molecule has 0 fully saturated rings. The van der Waals surface area contributed by atoms with Crippen LogP contribution in [0.4, 0.5) is 5.69 Å². The third kappa shape index (κ3) is 6.16. The number of ether oxygens (including phenoxy) is 3. The van der Waals surface area contributed by atoms with Crippen LogP contribution >= 0.6 is 0 Å². The third-order valence-electron chi connectivity index (χ3n) is 4.99. The van der Waals surface area contributed by atoms with Gasteiger partial charge in [0.1, 0.15) is 6.04 Å². The van der Waals surface area contributed by atoms with Crippen molar-refractivity contribution in [1.82, 2.24) is 5.32 Å². The summed E-state index contributed by atoms with van der Waals surface area (Å²) < 4.78 is 21.5. The molecule has 2 heterocycles. The number of esters is 1. The minimum atomic E-state index is -1.01. The highest BCUT2D eigenvalue weighted by atomic mass is 16.5. The lowest BCUT2D eigenvalue weighted by Crippen LogP contribution is -2.44. The summed E-state index contributed by atoms with van der Waals surface area (Å²) in [5, 5.41) is 5.28. The first kappa shape index (κ1) is 22.9. The SMILES string of the molecule is O=C(COC(=O)C(Cc1ccccc1)NC(=O)c1ccco1)Nc1ccc2c(c1)OCCCO2. The molecule has 176 valence electrons. The Hall–Kier alpha value is -4.27. The summed E-state index contributed by atoms with van der Waals surface area (Å²) in [6, 6.07) is 16.3. The standard InChI is InChI=1S/C25H24N2O7/c28-23(26-18-9-10-20-22(15-18)33-13-5-12-31-20)16-34-25(30)19(14-17-6-2-1-3-7-17)27-24(29)21-8-4-11-32-21/h1-4,6-11,15,19H,5,12-14,16H2,(H,26,28)(H,27,29). The number of nitrogens with one attached hydrogen (secondary N) is 2. The fraction of sp³-hybridized carbons (Fsp3) is 0.240. The lowest BCUT2D eigenvalue weighted by atomic mass is 10.1. The van der Waals surface area contributed by atoms with E-state index in [4.69, 9.17) is 18.6 Å². The van der Waals surface area contributed by atoms with Crippen molar-refractivity contribution >= 4 is 23.5 Å². The Bertz CT molecular complexity index is 1130. The van der Waals surface area contributed by atoms with Crippen LogP contribution < -0.4 is 20.1 Å². The first-order valence-corrected chi connectivity index (χ1v) is 10.8. The zero-order valence-corrected chi connectivity index (χ0v) is 18.3. The first-order chi connectivity index (χ1) is 16.6. The zero-order valence-electron chi connectivity index (χ0n) is 18.3. The van der Waals surface area contributed by atoms with Gasteiger partial charge in [0.25, 0.3) is 11.8 Å². The number of amides is 2. The molecule has 0 radical (unpaired) electrons. The van der Waals surface area contributed by atoms with Crippen LogP contribution in [0.15, 0.2) is 71.3 Å². The van der Waals surface area contributed by atoms with Crippen LogP contribution in [0, 0.1) is 0 Å². The summed E-state index contributed by atoms with van der Waals surface area (Å²) in [4.78, 5) is 37.6. The monoisotopic (exact) mass is 464 g/mol. The number of carbonyl (C=O) groups excluding carboxylic acids is 3. The Morgan fingerprint density at radius 3 is 2.50 bits per heavy atom. The van der Waals surface area contributed by atoms with Crippen LogP contribution in [0.2, 0.25) is 0 Å². The second kappa shape index (κ2) is 11.0. The van der Waals surface area contributed by atoms with Gasteiger partial charge >= 0.3 is 5.97 Å². The van der Waals surface area contributed by atoms with Crippen molar-refractivity contribution in [3.05, 3.63) is 78.3 Å². The molecule has 0 spiro atoms. The van der Waals surface area contributed by atoms with Crippen molar-refractivity contribution < 1.29 is 33.0 Å². The molecule has 2 amide bonds. The van der Waals surface area contributed by atoms with Crippen molar-refractivity contribution in [3.8, 4) is 11.5 Å². The molecule has 0 bridgehead atoms. The van der Waals surface area contributed by atoms with Crippen molar-refractivity contribution in [2.45, 2.75) is 18.9 Å². The maximum atomic E-state index is 12.8. The normalized spacial score (nSPS) is 13.3. The predicted octanol–water partition coefficient (Wildman–Crippen LogP) is 2.96. The molecule has 2 aromatic carbocycles. The highest BCUT2D eigenvalue weighted by Gasteiger charge is 2.25. The second-order valence-electron chi connectivity index (χ2n) is 7.56.